The van der Waals surface area contributed by atoms with Gasteiger partial charge in [-0.05, 0) is 18.2 Å². The zero-order valence-corrected chi connectivity index (χ0v) is 11.0. The number of hydrogen-bond donors (Lipinski definition) is 0. The molecule has 0 amide bonds. The fraction of sp³-hybridized carbons (Fsp3) is 0.133. The molecule has 3 aromatic rings. The summed E-state index contributed by atoms with van der Waals surface area (Å²) < 4.78 is 6.72. The van der Waals surface area contributed by atoms with Crippen LogP contribution in [-0.4, -0.2) is 27.6 Å². The molecule has 0 radical (unpaired) electrons. The van der Waals surface area contributed by atoms with Crippen LogP contribution in [0.3, 0.4) is 0 Å². The third kappa shape index (κ3) is 2.14. The molecule has 2 heterocycles. The summed E-state index contributed by atoms with van der Waals surface area (Å²) in [5, 5.41) is 0.990. The molecule has 0 saturated heterocycles. The van der Waals surface area contributed by atoms with Crippen LogP contribution in [0.15, 0.2) is 48.8 Å². The van der Waals surface area contributed by atoms with E-state index in [-0.39, 0.29) is 5.97 Å². The van der Waals surface area contributed by atoms with Gasteiger partial charge in [-0.25, -0.2) is 14.8 Å². The summed E-state index contributed by atoms with van der Waals surface area (Å²) in [7, 11) is 1.38. The molecule has 0 aliphatic heterocycles. The summed E-state index contributed by atoms with van der Waals surface area (Å²) >= 11 is 0. The first-order valence-corrected chi connectivity index (χ1v) is 6.22. The third-order valence-electron chi connectivity index (χ3n) is 3.12. The van der Waals surface area contributed by atoms with Crippen LogP contribution >= 0.6 is 0 Å². The standard InChI is InChI=1S/C15H13N3O2/c1-20-15(19)13-9-11-5-2-3-6-12(11)18(13)10-14-16-7-4-8-17-14/h2-9H,10H2,1H3. The fourth-order valence-electron chi connectivity index (χ4n) is 2.21. The average molecular weight is 267 g/mol. The largest absolute Gasteiger partial charge is 0.464 e. The van der Waals surface area contributed by atoms with Crippen LogP contribution in [0.2, 0.25) is 0 Å². The smallest absolute Gasteiger partial charge is 0.354 e. The van der Waals surface area contributed by atoms with E-state index in [2.05, 4.69) is 9.97 Å². The van der Waals surface area contributed by atoms with Crippen molar-refractivity contribution in [3.63, 3.8) is 0 Å². The first kappa shape index (κ1) is 12.3. The number of esters is 1. The molecule has 3 rings (SSSR count). The minimum atomic E-state index is -0.364. The molecule has 0 bridgehead atoms. The highest BCUT2D eigenvalue weighted by Gasteiger charge is 2.16. The van der Waals surface area contributed by atoms with Gasteiger partial charge in [0, 0.05) is 23.3 Å². The lowest BCUT2D eigenvalue weighted by Crippen LogP contribution is -2.12. The van der Waals surface area contributed by atoms with Crippen molar-refractivity contribution in [3.8, 4) is 0 Å². The van der Waals surface area contributed by atoms with Gasteiger partial charge in [-0.15, -0.1) is 0 Å². The number of rotatable bonds is 3. The third-order valence-corrected chi connectivity index (χ3v) is 3.12. The predicted octanol–water partition coefficient (Wildman–Crippen LogP) is 2.27. The molecule has 2 aromatic heterocycles. The molecule has 100 valence electrons. The van der Waals surface area contributed by atoms with Gasteiger partial charge in [0.25, 0.3) is 0 Å². The van der Waals surface area contributed by atoms with Crippen LogP contribution in [0.4, 0.5) is 0 Å². The number of nitrogens with zero attached hydrogens (tertiary/aromatic N) is 3. The summed E-state index contributed by atoms with van der Waals surface area (Å²) in [6, 6.07) is 11.4. The highest BCUT2D eigenvalue weighted by atomic mass is 16.5. The summed E-state index contributed by atoms with van der Waals surface area (Å²) in [6.07, 6.45) is 3.37. The van der Waals surface area contributed by atoms with Crippen LogP contribution in [0.1, 0.15) is 16.3 Å². The number of methoxy groups -OCH3 is 1. The predicted molar refractivity (Wildman–Crippen MR) is 74.4 cm³/mol. The SMILES string of the molecule is COC(=O)c1cc2ccccc2n1Cc1ncccn1. The number of carbonyl (C=O) groups is 1. The summed E-state index contributed by atoms with van der Waals surface area (Å²) in [6.45, 7) is 0.429. The minimum absolute atomic E-state index is 0.364. The van der Waals surface area contributed by atoms with E-state index in [1.54, 1.807) is 18.5 Å². The Balaban J connectivity index is 2.13. The first-order chi connectivity index (χ1) is 9.79. The maximum Gasteiger partial charge on any atom is 0.354 e. The van der Waals surface area contributed by atoms with Gasteiger partial charge in [-0.3, -0.25) is 0 Å². The molecule has 0 atom stereocenters. The van der Waals surface area contributed by atoms with Crippen molar-refractivity contribution in [1.82, 2.24) is 14.5 Å². The van der Waals surface area contributed by atoms with E-state index in [0.717, 1.165) is 10.9 Å². The highest BCUT2D eigenvalue weighted by Crippen LogP contribution is 2.21. The van der Waals surface area contributed by atoms with Crippen LogP contribution in [0.25, 0.3) is 10.9 Å². The van der Waals surface area contributed by atoms with Gasteiger partial charge in [0.2, 0.25) is 0 Å². The van der Waals surface area contributed by atoms with Crippen LogP contribution in [0, 0.1) is 0 Å². The van der Waals surface area contributed by atoms with E-state index in [4.69, 9.17) is 4.74 Å². The Morgan fingerprint density at radius 2 is 1.95 bits per heavy atom. The van der Waals surface area contributed by atoms with Crippen LogP contribution < -0.4 is 0 Å². The molecule has 5 heteroatoms. The molecule has 0 N–H and O–H groups in total. The van der Waals surface area contributed by atoms with Crippen molar-refractivity contribution >= 4 is 16.9 Å². The monoisotopic (exact) mass is 267 g/mol. The van der Waals surface area contributed by atoms with Crippen LogP contribution in [0.5, 0.6) is 0 Å². The van der Waals surface area contributed by atoms with Gasteiger partial charge in [-0.1, -0.05) is 18.2 Å². The Kier molecular flexibility index (Phi) is 3.16. The van der Waals surface area contributed by atoms with Gasteiger partial charge in [0.15, 0.2) is 0 Å². The van der Waals surface area contributed by atoms with Gasteiger partial charge >= 0.3 is 5.97 Å². The zero-order valence-electron chi connectivity index (χ0n) is 11.0. The molecule has 0 unspecified atom stereocenters. The van der Waals surface area contributed by atoms with Gasteiger partial charge in [-0.2, -0.15) is 0 Å². The second kappa shape index (κ2) is 5.13. The normalized spacial score (nSPS) is 10.7. The zero-order chi connectivity index (χ0) is 13.9. The lowest BCUT2D eigenvalue weighted by atomic mass is 10.2. The van der Waals surface area contributed by atoms with Gasteiger partial charge in [0.1, 0.15) is 11.5 Å². The number of hydrogen-bond acceptors (Lipinski definition) is 4. The number of benzene rings is 1. The number of fused-ring (bicyclic) bond motifs is 1. The molecule has 0 fully saturated rings. The van der Waals surface area contributed by atoms with E-state index in [1.165, 1.54) is 7.11 Å². The molecular formula is C15H13N3O2. The fourth-order valence-corrected chi connectivity index (χ4v) is 2.21. The number of carbonyl (C=O) groups excluding carboxylic acids is 1. The number of aromatic nitrogens is 3. The van der Waals surface area contributed by atoms with Crippen molar-refractivity contribution in [1.29, 1.82) is 0 Å². The minimum Gasteiger partial charge on any atom is -0.464 e. The maximum atomic E-state index is 11.9. The Morgan fingerprint density at radius 3 is 2.70 bits per heavy atom. The second-order valence-electron chi connectivity index (χ2n) is 4.33. The Hall–Kier alpha value is -2.69. The van der Waals surface area contributed by atoms with E-state index in [0.29, 0.717) is 18.1 Å². The van der Waals surface area contributed by atoms with Gasteiger partial charge in [0.05, 0.1) is 13.7 Å². The summed E-state index contributed by atoms with van der Waals surface area (Å²) in [4.78, 5) is 20.3. The number of ether oxygens (including phenoxy) is 1. The Labute approximate surface area is 115 Å². The van der Waals surface area contributed by atoms with Crippen molar-refractivity contribution in [3.05, 3.63) is 60.3 Å². The van der Waals surface area contributed by atoms with Gasteiger partial charge < -0.3 is 9.30 Å². The quantitative estimate of drug-likeness (QED) is 0.683. The molecule has 0 spiro atoms. The first-order valence-electron chi connectivity index (χ1n) is 6.22. The average Bonchev–Trinajstić information content (AvgIpc) is 2.86. The molecule has 0 aliphatic carbocycles. The lowest BCUT2D eigenvalue weighted by Gasteiger charge is -2.08. The van der Waals surface area contributed by atoms with E-state index >= 15 is 0 Å². The molecule has 0 aliphatic rings. The second-order valence-corrected chi connectivity index (χ2v) is 4.33. The van der Waals surface area contributed by atoms with E-state index in [1.807, 2.05) is 34.9 Å². The molecule has 1 aromatic carbocycles. The van der Waals surface area contributed by atoms with E-state index < -0.39 is 0 Å². The van der Waals surface area contributed by atoms with Crippen LogP contribution in [-0.2, 0) is 11.3 Å². The lowest BCUT2D eigenvalue weighted by molar-refractivity contribution is 0.0589. The molecule has 5 nitrogen and oxygen atoms in total. The highest BCUT2D eigenvalue weighted by molar-refractivity contribution is 5.95. The summed E-state index contributed by atoms with van der Waals surface area (Å²) in [5.74, 6) is 0.288. The maximum absolute atomic E-state index is 11.9. The molecule has 0 saturated carbocycles. The van der Waals surface area contributed by atoms with Crippen molar-refractivity contribution in [2.24, 2.45) is 0 Å². The van der Waals surface area contributed by atoms with Crippen molar-refractivity contribution in [2.45, 2.75) is 6.54 Å². The van der Waals surface area contributed by atoms with Crippen molar-refractivity contribution < 1.29 is 9.53 Å². The summed E-state index contributed by atoms with van der Waals surface area (Å²) in [5.41, 5.74) is 1.46. The topological polar surface area (TPSA) is 57.0 Å². The molecular weight excluding hydrogens is 254 g/mol. The number of para-hydroxylation sites is 1. The Bertz CT molecular complexity index is 750. The van der Waals surface area contributed by atoms with E-state index in [9.17, 15) is 4.79 Å². The van der Waals surface area contributed by atoms with Crippen molar-refractivity contribution in [2.75, 3.05) is 7.11 Å². The molecule has 20 heavy (non-hydrogen) atoms. The Morgan fingerprint density at radius 1 is 1.20 bits per heavy atom.